The van der Waals surface area contributed by atoms with E-state index in [2.05, 4.69) is 71.8 Å². The van der Waals surface area contributed by atoms with Gasteiger partial charge in [0.25, 0.3) is 0 Å². The number of hydrogen-bond donors (Lipinski definition) is 1. The number of rotatable bonds is 3. The minimum atomic E-state index is 0.537. The van der Waals surface area contributed by atoms with Crippen molar-refractivity contribution in [1.29, 1.82) is 0 Å². The minimum Gasteiger partial charge on any atom is -0.367 e. The molecule has 0 aliphatic carbocycles. The predicted molar refractivity (Wildman–Crippen MR) is 98.3 cm³/mol. The Morgan fingerprint density at radius 3 is 3.08 bits per heavy atom. The van der Waals surface area contributed by atoms with Crippen LogP contribution in [-0.2, 0) is 13.1 Å². The van der Waals surface area contributed by atoms with Gasteiger partial charge in [0.05, 0.1) is 0 Å². The van der Waals surface area contributed by atoms with Crippen LogP contribution in [0, 0.1) is 0 Å². The molecule has 1 atom stereocenters. The van der Waals surface area contributed by atoms with E-state index in [9.17, 15) is 0 Å². The highest BCUT2D eigenvalue weighted by atomic mass is 15.5. The van der Waals surface area contributed by atoms with E-state index in [0.29, 0.717) is 11.9 Å². The zero-order valence-corrected chi connectivity index (χ0v) is 14.5. The van der Waals surface area contributed by atoms with E-state index in [1.54, 1.807) is 0 Å². The SMILES string of the molecule is c1ccc2c(c1)CN(Cc1ccnc(-c3nn[nH]n3)c1)C[C@H]1CCCN21. The van der Waals surface area contributed by atoms with E-state index in [1.807, 2.05) is 6.20 Å². The van der Waals surface area contributed by atoms with Gasteiger partial charge < -0.3 is 4.90 Å². The number of H-pyrrole nitrogens is 1. The molecule has 1 saturated heterocycles. The van der Waals surface area contributed by atoms with Crippen LogP contribution in [0.3, 0.4) is 0 Å². The summed E-state index contributed by atoms with van der Waals surface area (Å²) in [6.07, 6.45) is 4.38. The van der Waals surface area contributed by atoms with Crippen molar-refractivity contribution in [1.82, 2.24) is 30.5 Å². The van der Waals surface area contributed by atoms with E-state index >= 15 is 0 Å². The fraction of sp³-hybridized carbons (Fsp3) is 0.368. The Bertz CT molecular complexity index is 892. The number of nitrogens with zero attached hydrogens (tertiary/aromatic N) is 6. The van der Waals surface area contributed by atoms with Gasteiger partial charge in [0.1, 0.15) is 5.69 Å². The van der Waals surface area contributed by atoms with Gasteiger partial charge in [0.15, 0.2) is 0 Å². The summed E-state index contributed by atoms with van der Waals surface area (Å²) < 4.78 is 0. The van der Waals surface area contributed by atoms with Crippen LogP contribution in [-0.4, -0.2) is 49.6 Å². The number of tetrazole rings is 1. The predicted octanol–water partition coefficient (Wildman–Crippen LogP) is 2.25. The summed E-state index contributed by atoms with van der Waals surface area (Å²) in [7, 11) is 0. The maximum absolute atomic E-state index is 4.37. The highest BCUT2D eigenvalue weighted by molar-refractivity contribution is 5.56. The van der Waals surface area contributed by atoms with Gasteiger partial charge in [0, 0.05) is 44.1 Å². The molecule has 0 amide bonds. The third kappa shape index (κ3) is 2.84. The number of benzene rings is 1. The third-order valence-corrected chi connectivity index (χ3v) is 5.35. The molecule has 0 saturated carbocycles. The van der Waals surface area contributed by atoms with Crippen molar-refractivity contribution in [3.05, 3.63) is 53.7 Å². The van der Waals surface area contributed by atoms with Crippen LogP contribution in [0.2, 0.25) is 0 Å². The van der Waals surface area contributed by atoms with Gasteiger partial charge in [0.2, 0.25) is 5.82 Å². The fourth-order valence-electron chi connectivity index (χ4n) is 4.21. The highest BCUT2D eigenvalue weighted by Crippen LogP contribution is 2.33. The zero-order valence-electron chi connectivity index (χ0n) is 14.5. The van der Waals surface area contributed by atoms with Gasteiger partial charge in [-0.2, -0.15) is 5.21 Å². The molecule has 1 N–H and O–H groups in total. The lowest BCUT2D eigenvalue weighted by Crippen LogP contribution is -2.37. The molecule has 132 valence electrons. The Labute approximate surface area is 152 Å². The van der Waals surface area contributed by atoms with E-state index in [1.165, 1.54) is 36.2 Å². The Morgan fingerprint density at radius 1 is 1.19 bits per heavy atom. The number of hydrogen-bond acceptors (Lipinski definition) is 6. The second kappa shape index (κ2) is 6.49. The summed E-state index contributed by atoms with van der Waals surface area (Å²) in [6.45, 7) is 4.14. The van der Waals surface area contributed by atoms with Crippen LogP contribution >= 0.6 is 0 Å². The molecule has 2 aliphatic rings. The zero-order chi connectivity index (χ0) is 17.3. The molecule has 7 heteroatoms. The van der Waals surface area contributed by atoms with Crippen LogP contribution in [0.5, 0.6) is 0 Å². The fourth-order valence-corrected chi connectivity index (χ4v) is 4.21. The molecule has 2 aliphatic heterocycles. The molecule has 4 heterocycles. The van der Waals surface area contributed by atoms with E-state index in [0.717, 1.165) is 25.3 Å². The monoisotopic (exact) mass is 347 g/mol. The molecular formula is C19H21N7. The molecule has 0 spiro atoms. The second-order valence-electron chi connectivity index (χ2n) is 7.07. The first-order valence-electron chi connectivity index (χ1n) is 9.12. The molecule has 1 fully saturated rings. The van der Waals surface area contributed by atoms with Crippen molar-refractivity contribution in [2.24, 2.45) is 0 Å². The molecule has 0 radical (unpaired) electrons. The maximum atomic E-state index is 4.37. The van der Waals surface area contributed by atoms with Crippen molar-refractivity contribution in [3.63, 3.8) is 0 Å². The smallest absolute Gasteiger partial charge is 0.222 e. The Hall–Kier alpha value is -2.80. The number of nitrogens with one attached hydrogen (secondary N) is 1. The van der Waals surface area contributed by atoms with Crippen LogP contribution in [0.15, 0.2) is 42.6 Å². The van der Waals surface area contributed by atoms with Gasteiger partial charge in [-0.25, -0.2) is 0 Å². The summed E-state index contributed by atoms with van der Waals surface area (Å²) in [5.74, 6) is 0.537. The molecule has 0 bridgehead atoms. The van der Waals surface area contributed by atoms with E-state index in [4.69, 9.17) is 0 Å². The van der Waals surface area contributed by atoms with Gasteiger partial charge in [-0.05, 0) is 47.4 Å². The molecule has 0 unspecified atom stereocenters. The average molecular weight is 347 g/mol. The minimum absolute atomic E-state index is 0.537. The Balaban J connectivity index is 1.42. The number of fused-ring (bicyclic) bond motifs is 3. The lowest BCUT2D eigenvalue weighted by molar-refractivity contribution is 0.247. The molecule has 7 nitrogen and oxygen atoms in total. The maximum Gasteiger partial charge on any atom is 0.222 e. The molecule has 5 rings (SSSR count). The topological polar surface area (TPSA) is 73.8 Å². The first-order valence-corrected chi connectivity index (χ1v) is 9.12. The summed E-state index contributed by atoms with van der Waals surface area (Å²) in [6, 6.07) is 13.6. The molecule has 1 aromatic carbocycles. The van der Waals surface area contributed by atoms with Crippen LogP contribution < -0.4 is 4.90 Å². The van der Waals surface area contributed by atoms with Crippen molar-refractivity contribution in [3.8, 4) is 11.5 Å². The van der Waals surface area contributed by atoms with Gasteiger partial charge >= 0.3 is 0 Å². The summed E-state index contributed by atoms with van der Waals surface area (Å²) in [5, 5.41) is 14.2. The normalized spacial score (nSPS) is 19.8. The number of pyridine rings is 1. The number of aromatic nitrogens is 5. The number of aromatic amines is 1. The first kappa shape index (κ1) is 15.5. The molecule has 26 heavy (non-hydrogen) atoms. The second-order valence-corrected chi connectivity index (χ2v) is 7.07. The molecular weight excluding hydrogens is 326 g/mol. The summed E-state index contributed by atoms with van der Waals surface area (Å²) >= 11 is 0. The standard InChI is InChI=1S/C19H21N7/c1-2-6-18-15(4-1)12-25(13-16-5-3-9-26(16)18)11-14-7-8-20-17(10-14)19-21-23-24-22-19/h1-2,4,6-8,10,16H,3,5,9,11-13H2,(H,21,22,23,24)/t16-/m1/s1. The lowest BCUT2D eigenvalue weighted by atomic mass is 10.1. The largest absolute Gasteiger partial charge is 0.367 e. The summed E-state index contributed by atoms with van der Waals surface area (Å²) in [4.78, 5) is 9.52. The Morgan fingerprint density at radius 2 is 2.15 bits per heavy atom. The van der Waals surface area contributed by atoms with Gasteiger partial charge in [-0.1, -0.05) is 18.2 Å². The van der Waals surface area contributed by atoms with E-state index in [-0.39, 0.29) is 0 Å². The highest BCUT2D eigenvalue weighted by Gasteiger charge is 2.31. The van der Waals surface area contributed by atoms with E-state index < -0.39 is 0 Å². The summed E-state index contributed by atoms with van der Waals surface area (Å²) in [5.41, 5.74) is 4.82. The van der Waals surface area contributed by atoms with Crippen LogP contribution in [0.1, 0.15) is 24.0 Å². The Kier molecular flexibility index (Phi) is 3.86. The first-order chi connectivity index (χ1) is 12.9. The van der Waals surface area contributed by atoms with Crippen molar-refractivity contribution in [2.45, 2.75) is 32.0 Å². The molecule has 3 aromatic rings. The lowest BCUT2D eigenvalue weighted by Gasteiger charge is -2.27. The van der Waals surface area contributed by atoms with Crippen molar-refractivity contribution in [2.75, 3.05) is 18.0 Å². The quantitative estimate of drug-likeness (QED) is 0.783. The van der Waals surface area contributed by atoms with Crippen LogP contribution in [0.4, 0.5) is 5.69 Å². The van der Waals surface area contributed by atoms with Crippen molar-refractivity contribution >= 4 is 5.69 Å². The number of para-hydroxylation sites is 1. The van der Waals surface area contributed by atoms with Gasteiger partial charge in [-0.15, -0.1) is 10.2 Å². The average Bonchev–Trinajstić information content (AvgIpc) is 3.32. The van der Waals surface area contributed by atoms with Gasteiger partial charge in [-0.3, -0.25) is 9.88 Å². The van der Waals surface area contributed by atoms with Crippen molar-refractivity contribution < 1.29 is 0 Å². The third-order valence-electron chi connectivity index (χ3n) is 5.35. The number of anilines is 1. The van der Waals surface area contributed by atoms with Crippen LogP contribution in [0.25, 0.3) is 11.5 Å². The molecule has 2 aromatic heterocycles.